The fourth-order valence-corrected chi connectivity index (χ4v) is 2.04. The monoisotopic (exact) mass is 196 g/mol. The topological polar surface area (TPSA) is 29.3 Å². The number of benzene rings is 1. The third kappa shape index (κ3) is 1.26. The summed E-state index contributed by atoms with van der Waals surface area (Å²) in [5.41, 5.74) is 7.83. The molecule has 0 aromatic heterocycles. The summed E-state index contributed by atoms with van der Waals surface area (Å²) in [5.74, 6) is 0. The smallest absolute Gasteiger partial charge is 0.0509 e. The molecule has 2 nitrogen and oxygen atoms in total. The number of hydrogen-bond acceptors (Lipinski definition) is 2. The number of hydrogen-bond donors (Lipinski definition) is 1. The molecule has 2 heterocycles. The minimum Gasteiger partial charge on any atom is -0.399 e. The second-order valence-electron chi connectivity index (χ2n) is 3.79. The van der Waals surface area contributed by atoms with Crippen molar-refractivity contribution in [3.05, 3.63) is 58.8 Å². The number of nitrogens with zero attached hydrogens (tertiary/aromatic N) is 1. The molecule has 15 heavy (non-hydrogen) atoms. The average Bonchev–Trinajstić information content (AvgIpc) is 2.29. The molecule has 1 aromatic rings. The van der Waals surface area contributed by atoms with Crippen LogP contribution in [0.4, 0.5) is 0 Å². The Morgan fingerprint density at radius 1 is 1.20 bits per heavy atom. The van der Waals surface area contributed by atoms with E-state index >= 15 is 0 Å². The van der Waals surface area contributed by atoms with Crippen molar-refractivity contribution in [2.75, 3.05) is 6.54 Å². The summed E-state index contributed by atoms with van der Waals surface area (Å²) in [6, 6.07) is 8.40. The normalized spacial score (nSPS) is 17.7. The Hall–Kier alpha value is -1.96. The highest BCUT2D eigenvalue weighted by Gasteiger charge is 2.11. The molecule has 2 aliphatic heterocycles. The van der Waals surface area contributed by atoms with Crippen molar-refractivity contribution in [2.24, 2.45) is 5.73 Å². The van der Waals surface area contributed by atoms with Crippen LogP contribution in [-0.2, 0) is 0 Å². The summed E-state index contributed by atoms with van der Waals surface area (Å²) >= 11 is 0. The van der Waals surface area contributed by atoms with Gasteiger partial charge in [0.1, 0.15) is 0 Å². The molecule has 0 saturated carbocycles. The van der Waals surface area contributed by atoms with Gasteiger partial charge in [-0.25, -0.2) is 0 Å². The Kier molecular flexibility index (Phi) is 1.68. The van der Waals surface area contributed by atoms with Gasteiger partial charge in [0.25, 0.3) is 0 Å². The molecular weight excluding hydrogens is 184 g/mol. The van der Waals surface area contributed by atoms with Gasteiger partial charge in [0.15, 0.2) is 0 Å². The van der Waals surface area contributed by atoms with E-state index in [-0.39, 0.29) is 0 Å². The molecule has 2 heteroatoms. The Bertz CT molecular complexity index is 579. The number of allylic oxidation sites excluding steroid dienone is 1. The predicted molar refractivity (Wildman–Crippen MR) is 61.7 cm³/mol. The Morgan fingerprint density at radius 3 is 3.00 bits per heavy atom. The Labute approximate surface area is 88.3 Å². The van der Waals surface area contributed by atoms with Crippen LogP contribution < -0.4 is 16.2 Å². The molecule has 1 aromatic carbocycles. The van der Waals surface area contributed by atoms with Crippen LogP contribution in [0.2, 0.25) is 0 Å². The van der Waals surface area contributed by atoms with Crippen LogP contribution >= 0.6 is 0 Å². The molecule has 0 unspecified atom stereocenters. The highest BCUT2D eigenvalue weighted by atomic mass is 15.1. The molecule has 0 radical (unpaired) electrons. The van der Waals surface area contributed by atoms with Crippen molar-refractivity contribution in [3.63, 3.8) is 0 Å². The molecule has 0 aliphatic carbocycles. The van der Waals surface area contributed by atoms with Crippen molar-refractivity contribution in [1.29, 1.82) is 0 Å². The molecule has 74 valence electrons. The van der Waals surface area contributed by atoms with Gasteiger partial charge in [-0.05, 0) is 17.4 Å². The largest absolute Gasteiger partial charge is 0.399 e. The van der Waals surface area contributed by atoms with E-state index in [2.05, 4.69) is 35.2 Å². The van der Waals surface area contributed by atoms with Crippen LogP contribution in [0, 0.1) is 0 Å². The van der Waals surface area contributed by atoms with E-state index in [9.17, 15) is 0 Å². The van der Waals surface area contributed by atoms with Crippen LogP contribution in [0.15, 0.2) is 48.3 Å². The Morgan fingerprint density at radius 2 is 2.07 bits per heavy atom. The summed E-state index contributed by atoms with van der Waals surface area (Å²) in [5, 5.41) is 2.55. The van der Waals surface area contributed by atoms with Gasteiger partial charge < -0.3 is 10.6 Å². The van der Waals surface area contributed by atoms with E-state index < -0.39 is 0 Å². The Balaban J connectivity index is 2.38. The van der Waals surface area contributed by atoms with Gasteiger partial charge in [-0.1, -0.05) is 30.3 Å². The van der Waals surface area contributed by atoms with Gasteiger partial charge in [0.2, 0.25) is 0 Å². The zero-order valence-corrected chi connectivity index (χ0v) is 8.35. The van der Waals surface area contributed by atoms with Crippen molar-refractivity contribution in [2.45, 2.75) is 0 Å². The van der Waals surface area contributed by atoms with E-state index in [1.807, 2.05) is 18.4 Å². The molecule has 2 N–H and O–H groups in total. The molecule has 3 rings (SSSR count). The maximum atomic E-state index is 5.82. The first-order valence-corrected chi connectivity index (χ1v) is 5.06. The first-order valence-electron chi connectivity index (χ1n) is 5.06. The lowest BCUT2D eigenvalue weighted by atomic mass is 10.1. The summed E-state index contributed by atoms with van der Waals surface area (Å²) in [6.45, 7) is 0.923. The maximum Gasteiger partial charge on any atom is 0.0509 e. The highest BCUT2D eigenvalue weighted by Crippen LogP contribution is 2.15. The van der Waals surface area contributed by atoms with Crippen molar-refractivity contribution in [1.82, 2.24) is 4.90 Å². The van der Waals surface area contributed by atoms with Crippen LogP contribution in [0.1, 0.15) is 0 Å². The molecule has 0 spiro atoms. The fourth-order valence-electron chi connectivity index (χ4n) is 2.04. The van der Waals surface area contributed by atoms with Gasteiger partial charge in [-0.2, -0.15) is 0 Å². The van der Waals surface area contributed by atoms with Crippen molar-refractivity contribution < 1.29 is 0 Å². The number of nitrogens with two attached hydrogens (primary N) is 1. The minimum atomic E-state index is 0.818. The van der Waals surface area contributed by atoms with Crippen molar-refractivity contribution in [3.8, 4) is 0 Å². The molecule has 0 saturated heterocycles. The molecule has 0 fully saturated rings. The second kappa shape index (κ2) is 3.02. The van der Waals surface area contributed by atoms with Crippen LogP contribution in [0.5, 0.6) is 0 Å². The SMILES string of the molecule is NC1=CC2=c3ccccc3=CCN2C=C1. The van der Waals surface area contributed by atoms with Gasteiger partial charge in [0, 0.05) is 23.7 Å². The van der Waals surface area contributed by atoms with Gasteiger partial charge >= 0.3 is 0 Å². The summed E-state index contributed by atoms with van der Waals surface area (Å²) in [4.78, 5) is 2.21. The van der Waals surface area contributed by atoms with Crippen LogP contribution in [-0.4, -0.2) is 11.4 Å². The second-order valence-corrected chi connectivity index (χ2v) is 3.79. The lowest BCUT2D eigenvalue weighted by Gasteiger charge is -2.26. The highest BCUT2D eigenvalue weighted by molar-refractivity contribution is 5.64. The third-order valence-electron chi connectivity index (χ3n) is 2.80. The molecule has 0 atom stereocenters. The maximum absolute atomic E-state index is 5.82. The van der Waals surface area contributed by atoms with Gasteiger partial charge in [-0.15, -0.1) is 0 Å². The zero-order valence-electron chi connectivity index (χ0n) is 8.35. The lowest BCUT2D eigenvalue weighted by molar-refractivity contribution is 0.595. The zero-order chi connectivity index (χ0) is 10.3. The van der Waals surface area contributed by atoms with Crippen molar-refractivity contribution >= 4 is 11.8 Å². The summed E-state index contributed by atoms with van der Waals surface area (Å²) in [7, 11) is 0. The summed E-state index contributed by atoms with van der Waals surface area (Å²) in [6.07, 6.45) is 8.24. The van der Waals surface area contributed by atoms with Crippen LogP contribution in [0.3, 0.4) is 0 Å². The van der Waals surface area contributed by atoms with E-state index in [0.29, 0.717) is 0 Å². The van der Waals surface area contributed by atoms with E-state index in [0.717, 1.165) is 12.2 Å². The van der Waals surface area contributed by atoms with E-state index in [1.165, 1.54) is 16.1 Å². The standard InChI is InChI=1S/C13H12N2/c14-11-6-8-15-7-5-10-3-1-2-4-12(10)13(15)9-11/h1-6,8-9H,7,14H2. The lowest BCUT2D eigenvalue weighted by Crippen LogP contribution is -2.38. The molecule has 2 aliphatic rings. The van der Waals surface area contributed by atoms with Gasteiger partial charge in [-0.3, -0.25) is 0 Å². The van der Waals surface area contributed by atoms with Crippen LogP contribution in [0.25, 0.3) is 11.8 Å². The van der Waals surface area contributed by atoms with Gasteiger partial charge in [0.05, 0.1) is 5.70 Å². The fraction of sp³-hybridized carbons (Fsp3) is 0.0769. The molecule has 0 bridgehead atoms. The van der Waals surface area contributed by atoms with E-state index in [4.69, 9.17) is 5.73 Å². The minimum absolute atomic E-state index is 0.818. The first kappa shape index (κ1) is 8.36. The molecular formula is C13H12N2. The number of rotatable bonds is 0. The first-order chi connectivity index (χ1) is 7.34. The molecule has 0 amide bonds. The average molecular weight is 196 g/mol. The quantitative estimate of drug-likeness (QED) is 0.645. The predicted octanol–water partition coefficient (Wildman–Crippen LogP) is 0.261. The number of fused-ring (bicyclic) bond motifs is 2. The third-order valence-corrected chi connectivity index (χ3v) is 2.80. The van der Waals surface area contributed by atoms with E-state index in [1.54, 1.807) is 0 Å². The summed E-state index contributed by atoms with van der Waals surface area (Å²) < 4.78 is 0.